The number of nitrogens with one attached hydrogen (secondary N) is 4. The lowest BCUT2D eigenvalue weighted by atomic mass is 10.1. The quantitative estimate of drug-likeness (QED) is 0.228. The lowest BCUT2D eigenvalue weighted by Crippen LogP contribution is -2.09. The third kappa shape index (κ3) is 5.61. The third-order valence-electron chi connectivity index (χ3n) is 4.95. The summed E-state index contributed by atoms with van der Waals surface area (Å²) >= 11 is 12.3. The minimum absolute atomic E-state index is 0.0699. The number of methoxy groups -OCH3 is 2. The topological polar surface area (TPSA) is 178 Å². The highest BCUT2D eigenvalue weighted by atomic mass is 35.5. The maximum Gasteiger partial charge on any atom is 0.337 e. The molecule has 0 fully saturated rings. The van der Waals surface area contributed by atoms with Crippen LogP contribution in [0.5, 0.6) is 0 Å². The number of ether oxygens (including phenoxy) is 2. The molecule has 0 amide bonds. The molecule has 2 aromatic heterocycles. The molecular weight excluding hydrogens is 539 g/mol. The zero-order valence-electron chi connectivity index (χ0n) is 19.5. The van der Waals surface area contributed by atoms with Crippen LogP contribution in [0.4, 0.5) is 46.5 Å². The molecule has 5 rings (SSSR count). The summed E-state index contributed by atoms with van der Waals surface area (Å²) in [5.41, 5.74) is 2.05. The van der Waals surface area contributed by atoms with Crippen molar-refractivity contribution in [3.8, 4) is 0 Å². The summed E-state index contributed by atoms with van der Waals surface area (Å²) in [6.07, 6.45) is 0. The average molecular weight is 555 g/mol. The predicted octanol–water partition coefficient (Wildman–Crippen LogP) is 4.22. The zero-order valence-corrected chi connectivity index (χ0v) is 21.0. The summed E-state index contributed by atoms with van der Waals surface area (Å²) in [7, 11) is 2.53. The van der Waals surface area contributed by atoms with Crippen LogP contribution in [0.3, 0.4) is 0 Å². The minimum atomic E-state index is -0.585. The van der Waals surface area contributed by atoms with Crippen molar-refractivity contribution in [3.05, 3.63) is 58.1 Å². The second kappa shape index (κ2) is 10.3. The van der Waals surface area contributed by atoms with Crippen LogP contribution in [0.25, 0.3) is 0 Å². The second-order valence-electron chi connectivity index (χ2n) is 7.58. The van der Waals surface area contributed by atoms with Gasteiger partial charge in [-0.2, -0.15) is 29.9 Å². The molecule has 1 aliphatic rings. The van der Waals surface area contributed by atoms with Gasteiger partial charge in [0.1, 0.15) is 0 Å². The first-order valence-electron chi connectivity index (χ1n) is 10.7. The Hall–Kier alpha value is -4.82. The van der Waals surface area contributed by atoms with Gasteiger partial charge in [0.15, 0.2) is 0 Å². The standard InChI is InChI=1S/C22H16Cl2N10O4/c1-37-15(35)9-3-11-7-12(4-9)26-20-30-18(24)32-22(34-20)28-14-6-10(16(36)38-2)5-13(8-14)27-21-31-17(23)29-19(25-11)33-21/h3-8H,1-2H3,(H2,25,27,29,31,33)(H2,26,28,30,32,34). The number of halogens is 2. The second-order valence-corrected chi connectivity index (χ2v) is 8.26. The molecule has 16 heteroatoms. The molecule has 38 heavy (non-hydrogen) atoms. The molecule has 0 aliphatic carbocycles. The van der Waals surface area contributed by atoms with E-state index in [1.54, 1.807) is 12.1 Å². The Labute approximate surface area is 224 Å². The van der Waals surface area contributed by atoms with Gasteiger partial charge >= 0.3 is 11.9 Å². The van der Waals surface area contributed by atoms with E-state index in [9.17, 15) is 9.59 Å². The van der Waals surface area contributed by atoms with Crippen molar-refractivity contribution in [2.75, 3.05) is 35.5 Å². The first kappa shape index (κ1) is 24.9. The highest BCUT2D eigenvalue weighted by Gasteiger charge is 2.16. The highest BCUT2D eigenvalue weighted by molar-refractivity contribution is 6.28. The molecule has 4 N–H and O–H groups in total. The largest absolute Gasteiger partial charge is 0.465 e. The smallest absolute Gasteiger partial charge is 0.337 e. The van der Waals surface area contributed by atoms with Crippen LogP contribution in [0.15, 0.2) is 36.4 Å². The molecule has 2 aromatic carbocycles. The van der Waals surface area contributed by atoms with Gasteiger partial charge in [0.2, 0.25) is 34.4 Å². The van der Waals surface area contributed by atoms with Crippen molar-refractivity contribution >= 4 is 81.7 Å². The van der Waals surface area contributed by atoms with Gasteiger partial charge in [-0.1, -0.05) is 0 Å². The maximum absolute atomic E-state index is 12.3. The Morgan fingerprint density at radius 2 is 0.842 bits per heavy atom. The number of anilines is 8. The molecule has 0 saturated carbocycles. The van der Waals surface area contributed by atoms with E-state index in [1.165, 1.54) is 38.5 Å². The van der Waals surface area contributed by atoms with Gasteiger partial charge in [-0.3, -0.25) is 0 Å². The number of nitrogens with zero attached hydrogens (tertiary/aromatic N) is 6. The Morgan fingerprint density at radius 3 is 1.11 bits per heavy atom. The fraction of sp³-hybridized carbons (Fsp3) is 0.0909. The van der Waals surface area contributed by atoms with E-state index in [0.29, 0.717) is 22.7 Å². The molecule has 0 spiro atoms. The number of carbonyl (C=O) groups excluding carboxylic acids is 2. The number of carbonyl (C=O) groups is 2. The minimum Gasteiger partial charge on any atom is -0.465 e. The van der Waals surface area contributed by atoms with Gasteiger partial charge in [0, 0.05) is 22.7 Å². The SMILES string of the molecule is COC(=O)c1cc2cc(c1)Nc1nc(Cl)nc(n1)Nc1cc(cc(C(=O)OC)c1)Nc1nc(Cl)nc(n1)N2. The van der Waals surface area contributed by atoms with Crippen molar-refractivity contribution < 1.29 is 19.1 Å². The molecular formula is C22H16Cl2N10O4. The van der Waals surface area contributed by atoms with Crippen molar-refractivity contribution in [2.24, 2.45) is 0 Å². The van der Waals surface area contributed by atoms with E-state index >= 15 is 0 Å². The maximum atomic E-state index is 12.3. The van der Waals surface area contributed by atoms with E-state index in [0.717, 1.165) is 0 Å². The molecule has 14 nitrogen and oxygen atoms in total. The lowest BCUT2D eigenvalue weighted by molar-refractivity contribution is 0.0592. The summed E-state index contributed by atoms with van der Waals surface area (Å²) in [6, 6.07) is 9.43. The zero-order chi connectivity index (χ0) is 26.8. The van der Waals surface area contributed by atoms with Crippen LogP contribution in [-0.4, -0.2) is 56.1 Å². The summed E-state index contributed by atoms with van der Waals surface area (Å²) in [5.74, 6) is -0.891. The van der Waals surface area contributed by atoms with Gasteiger partial charge in [-0.05, 0) is 59.6 Å². The fourth-order valence-electron chi connectivity index (χ4n) is 3.46. The summed E-state index contributed by atoms with van der Waals surface area (Å²) in [5, 5.41) is 11.7. The number of benzene rings is 2. The first-order chi connectivity index (χ1) is 18.3. The Morgan fingerprint density at radius 1 is 0.553 bits per heavy atom. The van der Waals surface area contributed by atoms with Crippen LogP contribution in [0.1, 0.15) is 20.7 Å². The van der Waals surface area contributed by atoms with Gasteiger partial charge in [0.25, 0.3) is 0 Å². The Kier molecular flexibility index (Phi) is 6.72. The van der Waals surface area contributed by atoms with Crippen LogP contribution in [0, 0.1) is 0 Å². The van der Waals surface area contributed by atoms with Gasteiger partial charge in [-0.25, -0.2) is 9.59 Å². The lowest BCUT2D eigenvalue weighted by Gasteiger charge is -2.15. The molecule has 192 valence electrons. The number of esters is 2. The molecule has 0 radical (unpaired) electrons. The summed E-state index contributed by atoms with van der Waals surface area (Å²) in [6.45, 7) is 0. The number of fused-ring (bicyclic) bond motifs is 8. The number of rotatable bonds is 2. The number of hydrogen-bond donors (Lipinski definition) is 4. The Bertz CT molecular complexity index is 1380. The molecule has 3 heterocycles. The van der Waals surface area contributed by atoms with Crippen molar-refractivity contribution in [3.63, 3.8) is 0 Å². The fourth-order valence-corrected chi connectivity index (χ4v) is 3.78. The van der Waals surface area contributed by atoms with Crippen LogP contribution < -0.4 is 21.3 Å². The molecule has 8 bridgehead atoms. The van der Waals surface area contributed by atoms with E-state index in [1.807, 2.05) is 0 Å². The van der Waals surface area contributed by atoms with Gasteiger partial charge < -0.3 is 30.7 Å². The first-order valence-corrected chi connectivity index (χ1v) is 11.4. The van der Waals surface area contributed by atoms with E-state index in [4.69, 9.17) is 32.7 Å². The number of hydrogen-bond acceptors (Lipinski definition) is 14. The predicted molar refractivity (Wildman–Crippen MR) is 138 cm³/mol. The van der Waals surface area contributed by atoms with E-state index in [-0.39, 0.29) is 45.5 Å². The van der Waals surface area contributed by atoms with Crippen molar-refractivity contribution in [1.29, 1.82) is 0 Å². The van der Waals surface area contributed by atoms with Crippen LogP contribution in [0.2, 0.25) is 10.6 Å². The van der Waals surface area contributed by atoms with E-state index in [2.05, 4.69) is 51.2 Å². The molecule has 1 aliphatic heterocycles. The Balaban J connectivity index is 1.68. The van der Waals surface area contributed by atoms with Crippen LogP contribution in [-0.2, 0) is 9.47 Å². The van der Waals surface area contributed by atoms with Crippen LogP contribution >= 0.6 is 23.2 Å². The molecule has 4 aromatic rings. The normalized spacial score (nSPS) is 11.7. The van der Waals surface area contributed by atoms with Gasteiger partial charge in [-0.15, -0.1) is 0 Å². The summed E-state index contributed by atoms with van der Waals surface area (Å²) in [4.78, 5) is 49.7. The molecule has 0 atom stereocenters. The van der Waals surface area contributed by atoms with Crippen molar-refractivity contribution in [2.45, 2.75) is 0 Å². The third-order valence-corrected chi connectivity index (χ3v) is 5.29. The molecule has 0 unspecified atom stereocenters. The molecule has 0 saturated heterocycles. The van der Waals surface area contributed by atoms with E-state index < -0.39 is 11.9 Å². The van der Waals surface area contributed by atoms with Crippen molar-refractivity contribution in [1.82, 2.24) is 29.9 Å². The number of aromatic nitrogens is 6. The monoisotopic (exact) mass is 554 g/mol. The van der Waals surface area contributed by atoms with Gasteiger partial charge in [0.05, 0.1) is 25.3 Å². The summed E-state index contributed by atoms with van der Waals surface area (Å²) < 4.78 is 9.73. The highest BCUT2D eigenvalue weighted by Crippen LogP contribution is 2.28. The average Bonchev–Trinajstić information content (AvgIpc) is 2.86.